The van der Waals surface area contributed by atoms with Gasteiger partial charge in [0, 0.05) is 18.7 Å². The molecule has 1 saturated heterocycles. The van der Waals surface area contributed by atoms with Crippen LogP contribution in [0.4, 0.5) is 0 Å². The van der Waals surface area contributed by atoms with Crippen LogP contribution in [-0.4, -0.2) is 57.3 Å². The van der Waals surface area contributed by atoms with Crippen LogP contribution in [0.3, 0.4) is 0 Å². The third-order valence-corrected chi connectivity index (χ3v) is 3.80. The van der Waals surface area contributed by atoms with Crippen molar-refractivity contribution in [3.8, 4) is 5.75 Å². The first-order valence-electron chi connectivity index (χ1n) is 8.02. The molecule has 0 N–H and O–H groups in total. The van der Waals surface area contributed by atoms with Crippen molar-refractivity contribution in [2.75, 3.05) is 26.3 Å². The molecule has 8 heteroatoms. The number of tetrazole rings is 1. The van der Waals surface area contributed by atoms with Gasteiger partial charge in [0.25, 0.3) is 5.91 Å². The van der Waals surface area contributed by atoms with E-state index in [2.05, 4.69) is 15.5 Å². The molecule has 1 aromatic heterocycles. The van der Waals surface area contributed by atoms with Gasteiger partial charge in [-0.05, 0) is 42.5 Å². The number of ether oxygens (including phenoxy) is 2. The highest BCUT2D eigenvalue weighted by Crippen LogP contribution is 2.17. The summed E-state index contributed by atoms with van der Waals surface area (Å²) in [6, 6.07) is 7.34. The van der Waals surface area contributed by atoms with E-state index in [9.17, 15) is 4.79 Å². The maximum atomic E-state index is 12.5. The number of amides is 1. The summed E-state index contributed by atoms with van der Waals surface area (Å²) in [7, 11) is 0. The van der Waals surface area contributed by atoms with Gasteiger partial charge in [-0.3, -0.25) is 4.79 Å². The molecule has 0 spiro atoms. The van der Waals surface area contributed by atoms with Crippen LogP contribution < -0.4 is 4.74 Å². The van der Waals surface area contributed by atoms with Gasteiger partial charge < -0.3 is 14.4 Å². The number of rotatable bonds is 5. The van der Waals surface area contributed by atoms with E-state index in [0.29, 0.717) is 43.4 Å². The number of hydrogen-bond donors (Lipinski definition) is 0. The number of carbonyl (C=O) groups excluding carboxylic acids is 1. The van der Waals surface area contributed by atoms with Gasteiger partial charge in [-0.2, -0.15) is 0 Å². The van der Waals surface area contributed by atoms with Gasteiger partial charge in [0.05, 0.1) is 19.3 Å². The summed E-state index contributed by atoms with van der Waals surface area (Å²) in [5.74, 6) is 1.26. The fourth-order valence-corrected chi connectivity index (χ4v) is 2.52. The van der Waals surface area contributed by atoms with E-state index < -0.39 is 0 Å². The van der Waals surface area contributed by atoms with Gasteiger partial charge in [-0.15, -0.1) is 5.10 Å². The first-order chi connectivity index (χ1) is 11.6. The maximum Gasteiger partial charge on any atom is 0.254 e. The fraction of sp³-hybridized carbons (Fsp3) is 0.500. The van der Waals surface area contributed by atoms with Gasteiger partial charge in [0.15, 0.2) is 5.82 Å². The Morgan fingerprint density at radius 2 is 2.12 bits per heavy atom. The van der Waals surface area contributed by atoms with Crippen molar-refractivity contribution in [3.05, 3.63) is 35.7 Å². The average molecular weight is 331 g/mol. The highest BCUT2D eigenvalue weighted by molar-refractivity contribution is 5.94. The van der Waals surface area contributed by atoms with Gasteiger partial charge in [0.2, 0.25) is 0 Å². The van der Waals surface area contributed by atoms with Crippen LogP contribution in [0.5, 0.6) is 5.75 Å². The molecule has 2 heterocycles. The Hall–Kier alpha value is -2.48. The number of benzene rings is 1. The number of nitrogens with zero attached hydrogens (tertiary/aromatic N) is 5. The summed E-state index contributed by atoms with van der Waals surface area (Å²) in [5.41, 5.74) is 0.609. The van der Waals surface area contributed by atoms with Crippen molar-refractivity contribution >= 4 is 5.91 Å². The lowest BCUT2D eigenvalue weighted by molar-refractivity contribution is 0.0302. The lowest BCUT2D eigenvalue weighted by Gasteiger charge is -2.27. The molecule has 24 heavy (non-hydrogen) atoms. The Bertz CT molecular complexity index is 695. The van der Waals surface area contributed by atoms with Crippen LogP contribution in [0.25, 0.3) is 0 Å². The Kier molecular flexibility index (Phi) is 5.05. The van der Waals surface area contributed by atoms with E-state index in [4.69, 9.17) is 9.47 Å². The molecule has 2 aromatic rings. The lowest BCUT2D eigenvalue weighted by Crippen LogP contribution is -2.40. The minimum atomic E-state index is -0.00392. The van der Waals surface area contributed by atoms with Gasteiger partial charge >= 0.3 is 0 Å². The average Bonchev–Trinajstić information content (AvgIpc) is 3.09. The van der Waals surface area contributed by atoms with E-state index in [-0.39, 0.29) is 18.6 Å². The van der Waals surface area contributed by atoms with Crippen molar-refractivity contribution in [1.29, 1.82) is 0 Å². The van der Waals surface area contributed by atoms with Gasteiger partial charge in [-0.1, -0.05) is 6.07 Å². The second-order valence-electron chi connectivity index (χ2n) is 5.85. The summed E-state index contributed by atoms with van der Waals surface area (Å²) < 4.78 is 12.8. The zero-order valence-corrected chi connectivity index (χ0v) is 13.9. The molecular weight excluding hydrogens is 310 g/mol. The molecule has 128 valence electrons. The molecule has 1 fully saturated rings. The molecule has 1 aliphatic rings. The van der Waals surface area contributed by atoms with Crippen LogP contribution >= 0.6 is 0 Å². The van der Waals surface area contributed by atoms with Crippen molar-refractivity contribution in [3.63, 3.8) is 0 Å². The molecule has 0 unspecified atom stereocenters. The lowest BCUT2D eigenvalue weighted by atomic mass is 10.2. The first-order valence-corrected chi connectivity index (χ1v) is 8.02. The fourth-order valence-electron chi connectivity index (χ4n) is 2.52. The molecule has 0 radical (unpaired) electrons. The number of carbonyl (C=O) groups is 1. The highest BCUT2D eigenvalue weighted by atomic mass is 16.5. The molecule has 1 amide bonds. The largest absolute Gasteiger partial charge is 0.486 e. The number of morpholine rings is 1. The zero-order chi connectivity index (χ0) is 16.9. The van der Waals surface area contributed by atoms with E-state index >= 15 is 0 Å². The highest BCUT2D eigenvalue weighted by Gasteiger charge is 2.19. The summed E-state index contributed by atoms with van der Waals surface area (Å²) in [6.45, 7) is 6.66. The van der Waals surface area contributed by atoms with Crippen LogP contribution in [0.15, 0.2) is 24.3 Å². The Balaban J connectivity index is 1.66. The van der Waals surface area contributed by atoms with Gasteiger partial charge in [0.1, 0.15) is 12.4 Å². The summed E-state index contributed by atoms with van der Waals surface area (Å²) in [4.78, 5) is 14.3. The first kappa shape index (κ1) is 16.4. The quantitative estimate of drug-likeness (QED) is 0.821. The van der Waals surface area contributed by atoms with E-state index in [1.807, 2.05) is 26.0 Å². The van der Waals surface area contributed by atoms with Crippen molar-refractivity contribution in [2.24, 2.45) is 0 Å². The molecule has 1 aromatic carbocycles. The minimum Gasteiger partial charge on any atom is -0.486 e. The topological polar surface area (TPSA) is 82.4 Å². The minimum absolute atomic E-state index is 0.00392. The normalized spacial score (nSPS) is 14.9. The molecule has 8 nitrogen and oxygen atoms in total. The molecule has 1 aliphatic heterocycles. The molecular formula is C16H21N5O3. The van der Waals surface area contributed by atoms with E-state index in [1.165, 1.54) is 0 Å². The van der Waals surface area contributed by atoms with Crippen molar-refractivity contribution in [2.45, 2.75) is 26.5 Å². The third kappa shape index (κ3) is 3.70. The molecule has 0 bridgehead atoms. The standard InChI is InChI=1S/C16H21N5O3/c1-12(2)21-15(17-18-19-21)11-24-14-5-3-4-13(10-14)16(22)20-6-8-23-9-7-20/h3-5,10,12H,6-9,11H2,1-2H3. The molecule has 3 rings (SSSR count). The third-order valence-electron chi connectivity index (χ3n) is 3.80. The Morgan fingerprint density at radius 3 is 2.88 bits per heavy atom. The predicted octanol–water partition coefficient (Wildman–Crippen LogP) is 1.31. The zero-order valence-electron chi connectivity index (χ0n) is 13.9. The van der Waals surface area contributed by atoms with E-state index in [1.54, 1.807) is 21.7 Å². The summed E-state index contributed by atoms with van der Waals surface area (Å²) in [5, 5.41) is 11.6. The van der Waals surface area contributed by atoms with Crippen LogP contribution in [-0.2, 0) is 11.3 Å². The molecule has 0 atom stereocenters. The van der Waals surface area contributed by atoms with Crippen LogP contribution in [0.1, 0.15) is 36.1 Å². The predicted molar refractivity (Wildman–Crippen MR) is 85.7 cm³/mol. The van der Waals surface area contributed by atoms with Crippen molar-refractivity contribution in [1.82, 2.24) is 25.1 Å². The number of aromatic nitrogens is 4. The Morgan fingerprint density at radius 1 is 1.33 bits per heavy atom. The second kappa shape index (κ2) is 7.39. The SMILES string of the molecule is CC(C)n1nnnc1COc1cccc(C(=O)N2CCOCC2)c1. The van der Waals surface area contributed by atoms with Gasteiger partial charge in [-0.25, -0.2) is 4.68 Å². The smallest absolute Gasteiger partial charge is 0.254 e. The molecule has 0 saturated carbocycles. The van der Waals surface area contributed by atoms with Crippen LogP contribution in [0, 0.1) is 0 Å². The van der Waals surface area contributed by atoms with Crippen LogP contribution in [0.2, 0.25) is 0 Å². The number of hydrogen-bond acceptors (Lipinski definition) is 6. The molecule has 0 aliphatic carbocycles. The monoisotopic (exact) mass is 331 g/mol. The van der Waals surface area contributed by atoms with E-state index in [0.717, 1.165) is 0 Å². The summed E-state index contributed by atoms with van der Waals surface area (Å²) >= 11 is 0. The summed E-state index contributed by atoms with van der Waals surface area (Å²) in [6.07, 6.45) is 0. The Labute approximate surface area is 140 Å². The van der Waals surface area contributed by atoms with Crippen molar-refractivity contribution < 1.29 is 14.3 Å². The maximum absolute atomic E-state index is 12.5. The second-order valence-corrected chi connectivity index (χ2v) is 5.85.